The fraction of sp³-hybridized carbons (Fsp3) is 0.222. The van der Waals surface area contributed by atoms with Crippen LogP contribution in [0.1, 0.15) is 12.5 Å². The predicted octanol–water partition coefficient (Wildman–Crippen LogP) is 3.12. The molecule has 0 saturated heterocycles. The lowest BCUT2D eigenvalue weighted by Crippen LogP contribution is -2.27. The van der Waals surface area contributed by atoms with Gasteiger partial charge in [0.05, 0.1) is 25.4 Å². The van der Waals surface area contributed by atoms with Gasteiger partial charge in [0.1, 0.15) is 11.9 Å². The van der Waals surface area contributed by atoms with Gasteiger partial charge in [0.25, 0.3) is 5.91 Å². The molecule has 0 fully saturated rings. The van der Waals surface area contributed by atoms with E-state index in [2.05, 4.69) is 15.5 Å². The van der Waals surface area contributed by atoms with E-state index in [1.165, 1.54) is 0 Å². The Balaban J connectivity index is 1.57. The molecule has 24 heavy (non-hydrogen) atoms. The first kappa shape index (κ1) is 16.0. The van der Waals surface area contributed by atoms with E-state index in [0.29, 0.717) is 12.3 Å². The van der Waals surface area contributed by atoms with Crippen LogP contribution < -0.4 is 10.1 Å². The lowest BCUT2D eigenvalue weighted by Gasteiger charge is -2.14. The van der Waals surface area contributed by atoms with Crippen LogP contribution in [0.15, 0.2) is 48.7 Å². The summed E-state index contributed by atoms with van der Waals surface area (Å²) in [6, 6.07) is 13.2. The summed E-state index contributed by atoms with van der Waals surface area (Å²) in [5.41, 5.74) is 2.53. The van der Waals surface area contributed by atoms with E-state index in [1.807, 2.05) is 42.5 Å². The molecule has 1 aromatic heterocycles. The minimum absolute atomic E-state index is 0.197. The first-order valence-corrected chi connectivity index (χ1v) is 7.64. The number of hydrogen-bond acceptors (Lipinski definition) is 4. The second kappa shape index (κ2) is 7.14. The highest BCUT2D eigenvalue weighted by Gasteiger charge is 2.14. The minimum atomic E-state index is -0.575. The van der Waals surface area contributed by atoms with Crippen LogP contribution in [-0.4, -0.2) is 29.3 Å². The lowest BCUT2D eigenvalue weighted by atomic mass is 10.2. The largest absolute Gasteiger partial charge is 0.497 e. The fourth-order valence-electron chi connectivity index (χ4n) is 2.32. The van der Waals surface area contributed by atoms with Crippen LogP contribution in [-0.2, 0) is 16.1 Å². The number of H-pyrrole nitrogens is 1. The molecule has 0 aliphatic heterocycles. The molecule has 3 aromatic rings. The molecule has 6 heteroatoms. The molecule has 0 aliphatic carbocycles. The Hall–Kier alpha value is -2.86. The number of aromatic nitrogens is 2. The first-order valence-electron chi connectivity index (χ1n) is 7.64. The molecular weight excluding hydrogens is 306 g/mol. The number of aromatic amines is 1. The highest BCUT2D eigenvalue weighted by atomic mass is 16.5. The van der Waals surface area contributed by atoms with Crippen molar-refractivity contribution >= 4 is 22.5 Å². The van der Waals surface area contributed by atoms with Gasteiger partial charge in [-0.1, -0.05) is 12.1 Å². The van der Waals surface area contributed by atoms with Gasteiger partial charge in [-0.2, -0.15) is 5.10 Å². The standard InChI is InChI=1S/C18H19N3O3/c1-12(24-11-13-4-3-5-16(8-13)23-2)18(22)20-15-7-6-14-10-19-21-17(14)9-15/h3-10,12H,11H2,1-2H3,(H,19,21)(H,20,22)/t12-/m0/s1. The Kier molecular flexibility index (Phi) is 4.77. The number of carbonyl (C=O) groups is 1. The Morgan fingerprint density at radius 1 is 1.29 bits per heavy atom. The monoisotopic (exact) mass is 325 g/mol. The van der Waals surface area contributed by atoms with Crippen LogP contribution in [0.3, 0.4) is 0 Å². The Labute approximate surface area is 139 Å². The molecule has 6 nitrogen and oxygen atoms in total. The molecule has 2 aromatic carbocycles. The van der Waals surface area contributed by atoms with Crippen molar-refractivity contribution in [3.05, 3.63) is 54.2 Å². The maximum Gasteiger partial charge on any atom is 0.253 e. The number of benzene rings is 2. The third kappa shape index (κ3) is 3.72. The highest BCUT2D eigenvalue weighted by Crippen LogP contribution is 2.17. The van der Waals surface area contributed by atoms with Crippen molar-refractivity contribution in [2.24, 2.45) is 0 Å². The zero-order valence-corrected chi connectivity index (χ0v) is 13.6. The van der Waals surface area contributed by atoms with E-state index >= 15 is 0 Å². The number of methoxy groups -OCH3 is 1. The summed E-state index contributed by atoms with van der Waals surface area (Å²) < 4.78 is 10.8. The van der Waals surface area contributed by atoms with E-state index in [9.17, 15) is 4.79 Å². The number of ether oxygens (including phenoxy) is 2. The molecule has 0 radical (unpaired) electrons. The van der Waals surface area contributed by atoms with Crippen LogP contribution in [0.5, 0.6) is 5.75 Å². The normalized spacial score (nSPS) is 12.1. The van der Waals surface area contributed by atoms with Gasteiger partial charge in [-0.05, 0) is 42.8 Å². The van der Waals surface area contributed by atoms with Crippen LogP contribution in [0.2, 0.25) is 0 Å². The van der Waals surface area contributed by atoms with Gasteiger partial charge in [0.15, 0.2) is 0 Å². The number of hydrogen-bond donors (Lipinski definition) is 2. The molecule has 1 amide bonds. The van der Waals surface area contributed by atoms with Crippen molar-refractivity contribution in [3.8, 4) is 5.75 Å². The summed E-state index contributed by atoms with van der Waals surface area (Å²) in [6.07, 6.45) is 1.16. The topological polar surface area (TPSA) is 76.2 Å². The molecule has 2 N–H and O–H groups in total. The third-order valence-corrected chi connectivity index (χ3v) is 3.71. The first-order chi connectivity index (χ1) is 11.7. The maximum atomic E-state index is 12.2. The Bertz CT molecular complexity index is 844. The number of nitrogens with zero attached hydrogens (tertiary/aromatic N) is 1. The zero-order valence-electron chi connectivity index (χ0n) is 13.6. The SMILES string of the molecule is COc1cccc(CO[C@@H](C)C(=O)Nc2ccc3cn[nH]c3c2)c1. The van der Waals surface area contributed by atoms with Crippen LogP contribution in [0, 0.1) is 0 Å². The molecule has 1 heterocycles. The molecule has 0 unspecified atom stereocenters. The second-order valence-corrected chi connectivity index (χ2v) is 5.47. The zero-order chi connectivity index (χ0) is 16.9. The molecule has 0 aliphatic rings. The summed E-state index contributed by atoms with van der Waals surface area (Å²) in [5.74, 6) is 0.567. The molecule has 0 bridgehead atoms. The van der Waals surface area contributed by atoms with E-state index in [-0.39, 0.29) is 5.91 Å². The Morgan fingerprint density at radius 3 is 3.00 bits per heavy atom. The van der Waals surface area contributed by atoms with Gasteiger partial charge >= 0.3 is 0 Å². The van der Waals surface area contributed by atoms with Gasteiger partial charge in [0, 0.05) is 11.1 Å². The van der Waals surface area contributed by atoms with E-state index in [0.717, 1.165) is 22.2 Å². The van der Waals surface area contributed by atoms with Crippen LogP contribution in [0.25, 0.3) is 10.9 Å². The van der Waals surface area contributed by atoms with Crippen LogP contribution in [0.4, 0.5) is 5.69 Å². The average molecular weight is 325 g/mol. The van der Waals surface area contributed by atoms with E-state index in [1.54, 1.807) is 20.2 Å². The van der Waals surface area contributed by atoms with Crippen molar-refractivity contribution < 1.29 is 14.3 Å². The van der Waals surface area contributed by atoms with Gasteiger partial charge in [-0.25, -0.2) is 0 Å². The quantitative estimate of drug-likeness (QED) is 0.730. The number of carbonyl (C=O) groups excluding carboxylic acids is 1. The summed E-state index contributed by atoms with van der Waals surface area (Å²) in [5, 5.41) is 10.7. The number of fused-ring (bicyclic) bond motifs is 1. The maximum absolute atomic E-state index is 12.2. The van der Waals surface area contributed by atoms with Crippen molar-refractivity contribution in [3.63, 3.8) is 0 Å². The predicted molar refractivity (Wildman–Crippen MR) is 92.0 cm³/mol. The van der Waals surface area contributed by atoms with E-state index < -0.39 is 6.10 Å². The molecular formula is C18H19N3O3. The van der Waals surface area contributed by atoms with Gasteiger partial charge in [-0.15, -0.1) is 0 Å². The minimum Gasteiger partial charge on any atom is -0.497 e. The summed E-state index contributed by atoms with van der Waals surface area (Å²) in [4.78, 5) is 12.2. The third-order valence-electron chi connectivity index (χ3n) is 3.71. The summed E-state index contributed by atoms with van der Waals surface area (Å²) in [6.45, 7) is 2.07. The molecule has 0 spiro atoms. The lowest BCUT2D eigenvalue weighted by molar-refractivity contribution is -0.127. The second-order valence-electron chi connectivity index (χ2n) is 5.47. The smallest absolute Gasteiger partial charge is 0.253 e. The average Bonchev–Trinajstić information content (AvgIpc) is 3.07. The van der Waals surface area contributed by atoms with E-state index in [4.69, 9.17) is 9.47 Å². The van der Waals surface area contributed by atoms with Crippen molar-refractivity contribution in [1.29, 1.82) is 0 Å². The van der Waals surface area contributed by atoms with Crippen LogP contribution >= 0.6 is 0 Å². The number of anilines is 1. The van der Waals surface area contributed by atoms with Gasteiger partial charge < -0.3 is 14.8 Å². The van der Waals surface area contributed by atoms with Crippen molar-refractivity contribution in [1.82, 2.24) is 10.2 Å². The number of amides is 1. The van der Waals surface area contributed by atoms with Gasteiger partial charge in [0.2, 0.25) is 0 Å². The molecule has 3 rings (SSSR count). The number of rotatable bonds is 6. The molecule has 0 saturated carbocycles. The van der Waals surface area contributed by atoms with Gasteiger partial charge in [-0.3, -0.25) is 9.89 Å². The molecule has 124 valence electrons. The highest BCUT2D eigenvalue weighted by molar-refractivity contribution is 5.95. The Morgan fingerprint density at radius 2 is 2.17 bits per heavy atom. The molecule has 1 atom stereocenters. The van der Waals surface area contributed by atoms with Crippen molar-refractivity contribution in [2.45, 2.75) is 19.6 Å². The summed E-state index contributed by atoms with van der Waals surface area (Å²) in [7, 11) is 1.62. The number of nitrogens with one attached hydrogen (secondary N) is 2. The fourth-order valence-corrected chi connectivity index (χ4v) is 2.32. The summed E-state index contributed by atoms with van der Waals surface area (Å²) >= 11 is 0. The van der Waals surface area contributed by atoms with Crippen molar-refractivity contribution in [2.75, 3.05) is 12.4 Å².